The SMILES string of the molecule is COc1ccc(OC)c(NC(=O)Cn2c(=O)n(Cc3ccc(C)c(C)c3)c(=O)c3sccc32)c1. The number of aromatic nitrogens is 2. The third kappa shape index (κ3) is 4.47. The second kappa shape index (κ2) is 9.56. The molecule has 1 amide bonds. The van der Waals surface area contributed by atoms with E-state index in [1.165, 1.54) is 34.7 Å². The molecule has 8 nitrogen and oxygen atoms in total. The van der Waals surface area contributed by atoms with E-state index in [0.717, 1.165) is 16.7 Å². The van der Waals surface area contributed by atoms with Gasteiger partial charge in [-0.1, -0.05) is 18.2 Å². The Morgan fingerprint density at radius 3 is 2.47 bits per heavy atom. The number of hydrogen-bond acceptors (Lipinski definition) is 6. The zero-order valence-electron chi connectivity index (χ0n) is 19.4. The van der Waals surface area contributed by atoms with Gasteiger partial charge >= 0.3 is 5.69 Å². The second-order valence-corrected chi connectivity index (χ2v) is 8.84. The van der Waals surface area contributed by atoms with Crippen LogP contribution in [0.5, 0.6) is 11.5 Å². The van der Waals surface area contributed by atoms with Gasteiger partial charge in [0, 0.05) is 6.07 Å². The van der Waals surface area contributed by atoms with Crippen LogP contribution in [0.15, 0.2) is 57.4 Å². The van der Waals surface area contributed by atoms with Crippen molar-refractivity contribution in [3.05, 3.63) is 85.4 Å². The maximum Gasteiger partial charge on any atom is 0.332 e. The van der Waals surface area contributed by atoms with Gasteiger partial charge in [0.05, 0.1) is 32.0 Å². The maximum atomic E-state index is 13.4. The average Bonchev–Trinajstić information content (AvgIpc) is 3.32. The lowest BCUT2D eigenvalue weighted by Crippen LogP contribution is -2.41. The predicted molar refractivity (Wildman–Crippen MR) is 134 cm³/mol. The highest BCUT2D eigenvalue weighted by atomic mass is 32.1. The molecule has 0 aliphatic heterocycles. The van der Waals surface area contributed by atoms with Crippen molar-refractivity contribution in [3.8, 4) is 11.5 Å². The monoisotopic (exact) mass is 479 g/mol. The number of nitrogens with zero attached hydrogens (tertiary/aromatic N) is 2. The second-order valence-electron chi connectivity index (χ2n) is 7.93. The predicted octanol–water partition coefficient (Wildman–Crippen LogP) is 3.55. The molecule has 0 saturated heterocycles. The van der Waals surface area contributed by atoms with Crippen LogP contribution in [0.4, 0.5) is 5.69 Å². The van der Waals surface area contributed by atoms with Crippen molar-refractivity contribution in [2.75, 3.05) is 19.5 Å². The minimum atomic E-state index is -0.540. The van der Waals surface area contributed by atoms with Crippen molar-refractivity contribution in [2.45, 2.75) is 26.9 Å². The number of hydrogen-bond donors (Lipinski definition) is 1. The third-order valence-corrected chi connectivity index (χ3v) is 6.62. The van der Waals surface area contributed by atoms with Crippen molar-refractivity contribution in [3.63, 3.8) is 0 Å². The first-order valence-corrected chi connectivity index (χ1v) is 11.5. The zero-order valence-corrected chi connectivity index (χ0v) is 20.2. The topological polar surface area (TPSA) is 91.6 Å². The van der Waals surface area contributed by atoms with Gasteiger partial charge in [-0.25, -0.2) is 4.79 Å². The van der Waals surface area contributed by atoms with Gasteiger partial charge in [0.25, 0.3) is 5.56 Å². The molecule has 4 rings (SSSR count). The van der Waals surface area contributed by atoms with E-state index < -0.39 is 11.6 Å². The summed E-state index contributed by atoms with van der Waals surface area (Å²) in [7, 11) is 3.03. The molecule has 2 aromatic carbocycles. The Labute approximate surface area is 200 Å². The highest BCUT2D eigenvalue weighted by Crippen LogP contribution is 2.29. The highest BCUT2D eigenvalue weighted by molar-refractivity contribution is 7.17. The molecule has 0 atom stereocenters. The molecule has 0 spiro atoms. The minimum absolute atomic E-state index is 0.123. The lowest BCUT2D eigenvalue weighted by molar-refractivity contribution is -0.116. The van der Waals surface area contributed by atoms with Crippen LogP contribution in [0.3, 0.4) is 0 Å². The Morgan fingerprint density at radius 2 is 1.76 bits per heavy atom. The summed E-state index contributed by atoms with van der Waals surface area (Å²) in [6, 6.07) is 12.6. The number of amides is 1. The van der Waals surface area contributed by atoms with Crippen molar-refractivity contribution in [1.29, 1.82) is 0 Å². The number of rotatable bonds is 7. The summed E-state index contributed by atoms with van der Waals surface area (Å²) in [6.45, 7) is 3.85. The number of fused-ring (bicyclic) bond motifs is 1. The fourth-order valence-electron chi connectivity index (χ4n) is 3.76. The number of carbonyl (C=O) groups is 1. The van der Waals surface area contributed by atoms with Gasteiger partial charge in [-0.05, 0) is 54.1 Å². The summed E-state index contributed by atoms with van der Waals surface area (Å²) < 4.78 is 13.5. The van der Waals surface area contributed by atoms with Crippen LogP contribution in [0.2, 0.25) is 0 Å². The van der Waals surface area contributed by atoms with Crippen LogP contribution in [-0.4, -0.2) is 29.3 Å². The summed E-state index contributed by atoms with van der Waals surface area (Å²) in [5.74, 6) is 0.579. The molecule has 2 aromatic heterocycles. The first kappa shape index (κ1) is 23.3. The molecular formula is C25H25N3O5S. The quantitative estimate of drug-likeness (QED) is 0.438. The Kier molecular flexibility index (Phi) is 6.56. The maximum absolute atomic E-state index is 13.4. The molecular weight excluding hydrogens is 454 g/mol. The lowest BCUT2D eigenvalue weighted by Gasteiger charge is -2.14. The molecule has 0 bridgehead atoms. The molecule has 2 heterocycles. The molecule has 1 N–H and O–H groups in total. The van der Waals surface area contributed by atoms with Crippen molar-refractivity contribution in [2.24, 2.45) is 0 Å². The fourth-order valence-corrected chi connectivity index (χ4v) is 4.60. The number of aryl methyl sites for hydroxylation is 2. The van der Waals surface area contributed by atoms with Crippen molar-refractivity contribution < 1.29 is 14.3 Å². The van der Waals surface area contributed by atoms with E-state index in [1.54, 1.807) is 29.6 Å². The fraction of sp³-hybridized carbons (Fsp3) is 0.240. The van der Waals surface area contributed by atoms with Crippen molar-refractivity contribution in [1.82, 2.24) is 9.13 Å². The van der Waals surface area contributed by atoms with E-state index in [4.69, 9.17) is 9.47 Å². The summed E-state index contributed by atoms with van der Waals surface area (Å²) >= 11 is 1.25. The van der Waals surface area contributed by atoms with Gasteiger partial charge in [-0.3, -0.25) is 18.7 Å². The molecule has 4 aromatic rings. The zero-order chi connectivity index (χ0) is 24.4. The Hall–Kier alpha value is -3.85. The third-order valence-electron chi connectivity index (χ3n) is 5.73. The summed E-state index contributed by atoms with van der Waals surface area (Å²) in [4.78, 5) is 39.4. The van der Waals surface area contributed by atoms with Crippen LogP contribution in [0.1, 0.15) is 16.7 Å². The van der Waals surface area contributed by atoms with E-state index in [1.807, 2.05) is 32.0 Å². The Bertz CT molecular complexity index is 1500. The number of thiophene rings is 1. The van der Waals surface area contributed by atoms with Crippen LogP contribution in [0.25, 0.3) is 10.2 Å². The lowest BCUT2D eigenvalue weighted by atomic mass is 10.1. The molecule has 0 fully saturated rings. The normalized spacial score (nSPS) is 10.9. The van der Waals surface area contributed by atoms with Crippen LogP contribution < -0.4 is 26.0 Å². The highest BCUT2D eigenvalue weighted by Gasteiger charge is 2.18. The van der Waals surface area contributed by atoms with Gasteiger partial charge in [-0.2, -0.15) is 0 Å². The number of methoxy groups -OCH3 is 2. The van der Waals surface area contributed by atoms with E-state index in [0.29, 0.717) is 27.4 Å². The molecule has 0 radical (unpaired) electrons. The van der Waals surface area contributed by atoms with Gasteiger partial charge in [0.15, 0.2) is 0 Å². The average molecular weight is 480 g/mol. The van der Waals surface area contributed by atoms with E-state index >= 15 is 0 Å². The smallest absolute Gasteiger partial charge is 0.332 e. The number of benzene rings is 2. The van der Waals surface area contributed by atoms with Crippen molar-refractivity contribution >= 4 is 33.1 Å². The van der Waals surface area contributed by atoms with Gasteiger partial charge < -0.3 is 14.8 Å². The molecule has 0 unspecified atom stereocenters. The number of carbonyl (C=O) groups excluding carboxylic acids is 1. The minimum Gasteiger partial charge on any atom is -0.497 e. The van der Waals surface area contributed by atoms with Crippen LogP contribution in [-0.2, 0) is 17.9 Å². The van der Waals surface area contributed by atoms with E-state index in [9.17, 15) is 14.4 Å². The van der Waals surface area contributed by atoms with Crippen LogP contribution in [0, 0.1) is 13.8 Å². The summed E-state index contributed by atoms with van der Waals surface area (Å²) in [5, 5.41) is 4.52. The van der Waals surface area contributed by atoms with E-state index in [-0.39, 0.29) is 18.6 Å². The van der Waals surface area contributed by atoms with Gasteiger partial charge in [0.1, 0.15) is 22.7 Å². The van der Waals surface area contributed by atoms with Crippen LogP contribution >= 0.6 is 11.3 Å². The molecule has 0 aliphatic carbocycles. The molecule has 0 saturated carbocycles. The summed E-state index contributed by atoms with van der Waals surface area (Å²) in [5.41, 5.74) is 3.01. The number of anilines is 1. The standard InChI is InChI=1S/C25H25N3O5S/c1-15-5-6-17(11-16(15)2)13-28-24(30)23-20(9-10-34-23)27(25(28)31)14-22(29)26-19-12-18(32-3)7-8-21(19)33-4/h5-12H,13-14H2,1-4H3,(H,26,29). The largest absolute Gasteiger partial charge is 0.497 e. The van der Waals surface area contributed by atoms with E-state index in [2.05, 4.69) is 5.32 Å². The molecule has 9 heteroatoms. The Morgan fingerprint density at radius 1 is 0.971 bits per heavy atom. The summed E-state index contributed by atoms with van der Waals surface area (Å²) in [6.07, 6.45) is 0. The molecule has 0 aliphatic rings. The molecule has 176 valence electrons. The van der Waals surface area contributed by atoms with Gasteiger partial charge in [0.2, 0.25) is 5.91 Å². The number of nitrogens with one attached hydrogen (secondary N) is 1. The molecule has 34 heavy (non-hydrogen) atoms. The first-order chi connectivity index (χ1) is 16.3. The number of ether oxygens (including phenoxy) is 2. The first-order valence-electron chi connectivity index (χ1n) is 10.6. The Balaban J connectivity index is 1.71. The van der Waals surface area contributed by atoms with Gasteiger partial charge in [-0.15, -0.1) is 11.3 Å².